The number of benzene rings is 2. The van der Waals surface area contributed by atoms with Gasteiger partial charge in [0.05, 0.1) is 12.2 Å². The number of nitrogens with one attached hydrogen (secondary N) is 3. The Morgan fingerprint density at radius 2 is 1.52 bits per heavy atom. The fraction of sp³-hybridized carbons (Fsp3) is 0.472. The Labute approximate surface area is 268 Å². The zero-order valence-electron chi connectivity index (χ0n) is 26.2. The number of carbonyl (C=O) groups excluding carboxylic acids is 3. The largest absolute Gasteiger partial charge is 0.457 e. The maximum atomic E-state index is 13.6. The highest BCUT2D eigenvalue weighted by atomic mass is 16.4. The van der Waals surface area contributed by atoms with Gasteiger partial charge in [0.15, 0.2) is 0 Å². The fourth-order valence-electron chi connectivity index (χ4n) is 6.45. The van der Waals surface area contributed by atoms with Crippen LogP contribution in [-0.4, -0.2) is 63.9 Å². The second-order valence-corrected chi connectivity index (χ2v) is 12.6. The molecule has 0 unspecified atom stereocenters. The van der Waals surface area contributed by atoms with Crippen molar-refractivity contribution < 1.29 is 34.1 Å². The molecule has 0 aliphatic heterocycles. The van der Waals surface area contributed by atoms with Gasteiger partial charge in [-0.2, -0.15) is 0 Å². The number of hydrogen-bond donors (Lipinski definition) is 6. The molecule has 3 amide bonds. The molecule has 0 radical (unpaired) electrons. The minimum absolute atomic E-state index is 0.00234. The van der Waals surface area contributed by atoms with Gasteiger partial charge >= 0.3 is 0 Å². The highest BCUT2D eigenvalue weighted by molar-refractivity contribution is 5.92. The first-order valence-corrected chi connectivity index (χ1v) is 16.1. The molecule has 2 aromatic carbocycles. The Morgan fingerprint density at radius 3 is 2.20 bits per heavy atom. The third kappa shape index (κ3) is 8.15. The third-order valence-electron chi connectivity index (χ3n) is 8.89. The molecule has 2 aliphatic carbocycles. The lowest BCUT2D eigenvalue weighted by molar-refractivity contribution is -0.131. The van der Waals surface area contributed by atoms with Gasteiger partial charge < -0.3 is 35.7 Å². The predicted octanol–water partition coefficient (Wildman–Crippen LogP) is 2.73. The Balaban J connectivity index is 1.48. The SMILES string of the molecule is CC(=O)N[C@@H](Cc1ccccc1)C(=O)N[C@@H](Cc1cc(C#CC2(O)CCCC2)c2oc(C3(O)CCCC3)cc2c1)C(=O)NCCO. The summed E-state index contributed by atoms with van der Waals surface area (Å²) in [5.74, 6) is 5.23. The minimum Gasteiger partial charge on any atom is -0.457 e. The summed E-state index contributed by atoms with van der Waals surface area (Å²) in [6, 6.07) is 12.7. The Kier molecular flexibility index (Phi) is 10.5. The van der Waals surface area contributed by atoms with Crippen LogP contribution in [0.5, 0.6) is 0 Å². The molecule has 2 aliphatic rings. The van der Waals surface area contributed by atoms with Crippen LogP contribution in [-0.2, 0) is 32.8 Å². The van der Waals surface area contributed by atoms with Crippen LogP contribution in [0.4, 0.5) is 0 Å². The van der Waals surface area contributed by atoms with Gasteiger partial charge in [-0.1, -0.05) is 42.2 Å². The topological polar surface area (TPSA) is 161 Å². The van der Waals surface area contributed by atoms with Crippen molar-refractivity contribution in [3.63, 3.8) is 0 Å². The highest BCUT2D eigenvalue weighted by Crippen LogP contribution is 2.41. The molecule has 0 bridgehead atoms. The fourth-order valence-corrected chi connectivity index (χ4v) is 6.45. The number of aliphatic hydroxyl groups is 3. The molecule has 10 nitrogen and oxygen atoms in total. The van der Waals surface area contributed by atoms with E-state index < -0.39 is 35.1 Å². The van der Waals surface area contributed by atoms with Gasteiger partial charge in [-0.05, 0) is 80.7 Å². The quantitative estimate of drug-likeness (QED) is 0.178. The summed E-state index contributed by atoms with van der Waals surface area (Å²) in [6.45, 7) is 1.06. The van der Waals surface area contributed by atoms with Crippen molar-refractivity contribution in [1.82, 2.24) is 16.0 Å². The van der Waals surface area contributed by atoms with Crippen LogP contribution in [0.25, 0.3) is 11.0 Å². The first-order chi connectivity index (χ1) is 22.1. The normalized spacial score (nSPS) is 17.9. The molecule has 2 atom stereocenters. The van der Waals surface area contributed by atoms with Crippen molar-refractivity contribution in [2.75, 3.05) is 13.2 Å². The molecular formula is C36H43N3O7. The van der Waals surface area contributed by atoms with Crippen molar-refractivity contribution in [3.05, 3.63) is 71.0 Å². The average molecular weight is 630 g/mol. The molecule has 1 aromatic heterocycles. The molecule has 0 spiro atoms. The Hall–Kier alpha value is -4.17. The summed E-state index contributed by atoms with van der Waals surface area (Å²) in [4.78, 5) is 38.9. The van der Waals surface area contributed by atoms with Crippen LogP contribution in [0.2, 0.25) is 0 Å². The second-order valence-electron chi connectivity index (χ2n) is 12.6. The molecule has 0 saturated heterocycles. The Bertz CT molecular complexity index is 1610. The summed E-state index contributed by atoms with van der Waals surface area (Å²) >= 11 is 0. The van der Waals surface area contributed by atoms with Crippen LogP contribution < -0.4 is 16.0 Å². The van der Waals surface area contributed by atoms with Gasteiger partial charge in [-0.3, -0.25) is 14.4 Å². The van der Waals surface area contributed by atoms with Crippen molar-refractivity contribution in [2.24, 2.45) is 0 Å². The molecule has 10 heteroatoms. The standard InChI is InChI=1S/C36H43N3O7/c1-24(41)38-30(21-25-9-3-2-4-10-25)34(43)39-29(33(42)37-17-18-40)22-26-19-27(11-16-35(44)12-5-6-13-35)32-28(20-26)23-31(46-32)36(45)14-7-8-15-36/h2-4,9-10,19-20,23,29-30,40,44-45H,5-8,12-15,17-18,21-22H2,1H3,(H,37,42)(H,38,41)(H,39,43)/t29-,30-/m0/s1. The summed E-state index contributed by atoms with van der Waals surface area (Å²) in [7, 11) is 0. The van der Waals surface area contributed by atoms with Crippen LogP contribution in [0, 0.1) is 11.8 Å². The second kappa shape index (κ2) is 14.5. The first-order valence-electron chi connectivity index (χ1n) is 16.1. The van der Waals surface area contributed by atoms with E-state index in [2.05, 4.69) is 27.8 Å². The number of furan rings is 1. The van der Waals surface area contributed by atoms with Gasteiger partial charge in [-0.25, -0.2) is 0 Å². The smallest absolute Gasteiger partial charge is 0.243 e. The van der Waals surface area contributed by atoms with Gasteiger partial charge in [0.25, 0.3) is 0 Å². The number of fused-ring (bicyclic) bond motifs is 1. The van der Waals surface area contributed by atoms with E-state index in [-0.39, 0.29) is 31.9 Å². The molecular weight excluding hydrogens is 586 g/mol. The van der Waals surface area contributed by atoms with Crippen molar-refractivity contribution >= 4 is 28.7 Å². The van der Waals surface area contributed by atoms with E-state index in [9.17, 15) is 29.7 Å². The molecule has 1 heterocycles. The predicted molar refractivity (Wildman–Crippen MR) is 172 cm³/mol. The van der Waals surface area contributed by atoms with E-state index in [0.29, 0.717) is 53.5 Å². The van der Waals surface area contributed by atoms with E-state index >= 15 is 0 Å². The number of rotatable bonds is 11. The zero-order valence-corrected chi connectivity index (χ0v) is 26.2. The number of hydrogen-bond acceptors (Lipinski definition) is 7. The van der Waals surface area contributed by atoms with Gasteiger partial charge in [0, 0.05) is 31.7 Å². The van der Waals surface area contributed by atoms with Crippen LogP contribution in [0.15, 0.2) is 52.9 Å². The molecule has 2 saturated carbocycles. The monoisotopic (exact) mass is 629 g/mol. The summed E-state index contributed by atoms with van der Waals surface area (Å²) < 4.78 is 6.23. The molecule has 3 aromatic rings. The van der Waals surface area contributed by atoms with Crippen LogP contribution in [0.3, 0.4) is 0 Å². The van der Waals surface area contributed by atoms with E-state index in [4.69, 9.17) is 4.42 Å². The number of amides is 3. The summed E-state index contributed by atoms with van der Waals surface area (Å²) in [6.07, 6.45) is 6.25. The van der Waals surface area contributed by atoms with Crippen LogP contribution in [0.1, 0.15) is 80.7 Å². The lowest BCUT2D eigenvalue weighted by Gasteiger charge is -2.23. The zero-order chi connectivity index (χ0) is 32.7. The Morgan fingerprint density at radius 1 is 0.870 bits per heavy atom. The summed E-state index contributed by atoms with van der Waals surface area (Å²) in [5.41, 5.74) is 0.374. The molecule has 5 rings (SSSR count). The van der Waals surface area contributed by atoms with E-state index in [1.165, 1.54) is 6.92 Å². The van der Waals surface area contributed by atoms with Crippen molar-refractivity contribution in [1.29, 1.82) is 0 Å². The van der Waals surface area contributed by atoms with Crippen LogP contribution >= 0.6 is 0 Å². The molecule has 2 fully saturated rings. The third-order valence-corrected chi connectivity index (χ3v) is 8.89. The number of aliphatic hydroxyl groups excluding tert-OH is 1. The van der Waals surface area contributed by atoms with E-state index in [1.54, 1.807) is 6.07 Å². The lowest BCUT2D eigenvalue weighted by atomic mass is 9.97. The minimum atomic E-state index is -1.08. The average Bonchev–Trinajstić information content (AvgIpc) is 3.79. The van der Waals surface area contributed by atoms with Gasteiger partial charge in [-0.15, -0.1) is 0 Å². The van der Waals surface area contributed by atoms with Gasteiger partial charge in [0.1, 0.15) is 34.6 Å². The molecule has 244 valence electrons. The molecule has 46 heavy (non-hydrogen) atoms. The maximum absolute atomic E-state index is 13.6. The first kappa shape index (κ1) is 33.2. The number of carbonyl (C=O) groups is 3. The van der Waals surface area contributed by atoms with E-state index in [0.717, 1.165) is 31.2 Å². The van der Waals surface area contributed by atoms with Crippen molar-refractivity contribution in [2.45, 2.75) is 94.4 Å². The lowest BCUT2D eigenvalue weighted by Crippen LogP contribution is -2.55. The van der Waals surface area contributed by atoms with Gasteiger partial charge in [0.2, 0.25) is 17.7 Å². The highest BCUT2D eigenvalue weighted by Gasteiger charge is 2.37. The maximum Gasteiger partial charge on any atom is 0.243 e. The van der Waals surface area contributed by atoms with E-state index in [1.807, 2.05) is 42.5 Å². The van der Waals surface area contributed by atoms with Crippen molar-refractivity contribution in [3.8, 4) is 11.8 Å². The molecule has 6 N–H and O–H groups in total. The summed E-state index contributed by atoms with van der Waals surface area (Å²) in [5, 5.41) is 40.4.